The maximum atomic E-state index is 11.4. The molecule has 0 aromatic rings. The number of halogens is 14. The Bertz CT molecular complexity index is 362. The first-order valence-corrected chi connectivity index (χ1v) is 4.15. The van der Waals surface area contributed by atoms with E-state index in [0.717, 1.165) is 0 Å². The van der Waals surface area contributed by atoms with E-state index in [1.54, 1.807) is 0 Å². The van der Waals surface area contributed by atoms with Crippen molar-refractivity contribution in [3.8, 4) is 0 Å². The van der Waals surface area contributed by atoms with Crippen LogP contribution in [-0.2, 0) is 19.5 Å². The molecule has 132 valence electrons. The summed E-state index contributed by atoms with van der Waals surface area (Å²) in [4.78, 5) is 0. The van der Waals surface area contributed by atoms with Gasteiger partial charge in [-0.1, -0.05) is 0 Å². The molecule has 0 N–H and O–H groups in total. The Morgan fingerprint density at radius 3 is 0.696 bits per heavy atom. The summed E-state index contributed by atoms with van der Waals surface area (Å²) in [5.74, 6) is -6.55. The van der Waals surface area contributed by atoms with Crippen LogP contribution in [0, 0.1) is 12.2 Å². The minimum atomic E-state index is -5.62. The molecule has 0 bridgehead atoms. The smallest absolute Gasteiger partial charge is 0.346 e. The minimum absolute atomic E-state index is 0. The maximum Gasteiger partial charge on any atom is 2.00 e. The molecule has 0 aliphatic carbocycles. The monoisotopic (exact) mass is 426 g/mol. The molecule has 0 unspecified atom stereocenters. The molecule has 0 aliphatic rings. The van der Waals surface area contributed by atoms with Gasteiger partial charge in [0.1, 0.15) is 0 Å². The van der Waals surface area contributed by atoms with Crippen LogP contribution in [0.25, 0.3) is 0 Å². The third-order valence-electron chi connectivity index (χ3n) is 1.00. The number of rotatable bonds is 0. The predicted molar refractivity (Wildman–Crippen MR) is 39.9 cm³/mol. The Labute approximate surface area is 130 Å². The van der Waals surface area contributed by atoms with Crippen LogP contribution >= 0.6 is 0 Å². The summed E-state index contributed by atoms with van der Waals surface area (Å²) in [6.45, 7) is 0. The molecule has 0 aliphatic heterocycles. The van der Waals surface area contributed by atoms with E-state index < -0.39 is 36.4 Å². The van der Waals surface area contributed by atoms with Crippen molar-refractivity contribution in [3.63, 3.8) is 0 Å². The summed E-state index contributed by atoms with van der Waals surface area (Å²) < 4.78 is 155. The zero-order chi connectivity index (χ0) is 18.6. The second kappa shape index (κ2) is 8.83. The molecule has 0 aromatic carbocycles. The van der Waals surface area contributed by atoms with Crippen molar-refractivity contribution in [2.45, 2.75) is 24.7 Å². The van der Waals surface area contributed by atoms with E-state index in [2.05, 4.69) is 0 Å². The summed E-state index contributed by atoms with van der Waals surface area (Å²) in [6.07, 6.45) is -22.7. The summed E-state index contributed by atoms with van der Waals surface area (Å²) >= 11 is 0. The molecule has 0 saturated heterocycles. The minimum Gasteiger partial charge on any atom is -0.346 e. The molecule has 0 aromatic heterocycles. The van der Waals surface area contributed by atoms with E-state index in [9.17, 15) is 61.5 Å². The van der Waals surface area contributed by atoms with Crippen LogP contribution in [-0.4, -0.2) is 24.7 Å². The van der Waals surface area contributed by atoms with Crippen LogP contribution in [0.2, 0.25) is 0 Å². The van der Waals surface area contributed by atoms with Crippen molar-refractivity contribution < 1.29 is 80.9 Å². The molecule has 0 spiro atoms. The first kappa shape index (κ1) is 27.0. The predicted octanol–water partition coefficient (Wildman–Crippen LogP) is 5.53. The molecule has 0 rings (SSSR count). The van der Waals surface area contributed by atoms with Crippen molar-refractivity contribution >= 4 is 0 Å². The average Bonchev–Trinajstić information content (AvgIpc) is 2.09. The van der Waals surface area contributed by atoms with Gasteiger partial charge in [-0.2, -0.15) is 26.3 Å². The normalized spacial score (nSPS) is 14.7. The molecule has 23 heavy (non-hydrogen) atoms. The van der Waals surface area contributed by atoms with E-state index in [1.165, 1.54) is 0 Å². The summed E-state index contributed by atoms with van der Waals surface area (Å²) in [6, 6.07) is 0. The van der Waals surface area contributed by atoms with Gasteiger partial charge < -0.3 is 12.2 Å². The Morgan fingerprint density at radius 1 is 0.478 bits per heavy atom. The van der Waals surface area contributed by atoms with Crippen LogP contribution < -0.4 is 0 Å². The summed E-state index contributed by atoms with van der Waals surface area (Å²) in [5.41, 5.74) is 0. The fourth-order valence-electron chi connectivity index (χ4n) is 0.391. The molecule has 0 saturated carbocycles. The van der Waals surface area contributed by atoms with Gasteiger partial charge in [0.25, 0.3) is 12.4 Å². The van der Waals surface area contributed by atoms with E-state index in [1.807, 2.05) is 0 Å². The van der Waals surface area contributed by atoms with Crippen molar-refractivity contribution in [2.24, 2.45) is 0 Å². The Kier molecular flexibility index (Phi) is 10.4. The molecule has 0 heterocycles. The molecule has 0 amide bonds. The van der Waals surface area contributed by atoms with Gasteiger partial charge in [-0.25, -0.2) is 35.1 Å². The second-order valence-corrected chi connectivity index (χ2v) is 2.87. The molecular weight excluding hydrogens is 427 g/mol. The van der Waals surface area contributed by atoms with Gasteiger partial charge >= 0.3 is 31.8 Å². The Hall–Kier alpha value is -0.877. The van der Waals surface area contributed by atoms with Gasteiger partial charge in [0.15, 0.2) is 0 Å². The third-order valence-corrected chi connectivity index (χ3v) is 1.00. The van der Waals surface area contributed by atoms with Gasteiger partial charge in [-0.05, 0) is 0 Å². The van der Waals surface area contributed by atoms with Crippen LogP contribution in [0.1, 0.15) is 0 Å². The van der Waals surface area contributed by atoms with Crippen LogP contribution in [0.3, 0.4) is 0 Å². The topological polar surface area (TPSA) is 0 Å². The number of hydrogen-bond donors (Lipinski definition) is 0. The van der Waals surface area contributed by atoms with E-state index in [4.69, 9.17) is 0 Å². The van der Waals surface area contributed by atoms with Gasteiger partial charge in [0.05, 0.1) is 0 Å². The molecule has 0 fully saturated rings. The summed E-state index contributed by atoms with van der Waals surface area (Å²) in [5, 5.41) is 0. The van der Waals surface area contributed by atoms with E-state index in [0.29, 0.717) is 0 Å². The maximum absolute atomic E-state index is 11.4. The first-order chi connectivity index (χ1) is 9.26. The van der Waals surface area contributed by atoms with E-state index >= 15 is 0 Å². The molecule has 15 heteroatoms. The van der Waals surface area contributed by atoms with Crippen molar-refractivity contribution in [1.29, 1.82) is 0 Å². The SMILES string of the molecule is FC(=[C-]C(F)(F)F)C(F)(F)F.FC(=[C-]C(F)(F)F)C(F)(F)F.[Zn+2]. The van der Waals surface area contributed by atoms with Gasteiger partial charge in [-0.3, -0.25) is 0 Å². The van der Waals surface area contributed by atoms with Gasteiger partial charge in [-0.15, -0.1) is 0 Å². The zero-order valence-electron chi connectivity index (χ0n) is 10.00. The fourth-order valence-corrected chi connectivity index (χ4v) is 0.391. The quantitative estimate of drug-likeness (QED) is 0.271. The van der Waals surface area contributed by atoms with Crippen LogP contribution in [0.5, 0.6) is 0 Å². The standard InChI is InChI=1S/2C4F7.Zn/c2*5-2(4(9,10)11)1-3(6,7)8;/q2*-1;+2. The second-order valence-electron chi connectivity index (χ2n) is 2.87. The number of hydrogen-bond acceptors (Lipinski definition) is 0. The molecule has 0 nitrogen and oxygen atoms in total. The number of allylic oxidation sites excluding steroid dienone is 4. The molecule has 0 atom stereocenters. The van der Waals surface area contributed by atoms with Crippen molar-refractivity contribution in [1.82, 2.24) is 0 Å². The average molecular weight is 427 g/mol. The van der Waals surface area contributed by atoms with Crippen LogP contribution in [0.4, 0.5) is 61.5 Å². The summed E-state index contributed by atoms with van der Waals surface area (Å²) in [7, 11) is 0. The van der Waals surface area contributed by atoms with Gasteiger partial charge in [0.2, 0.25) is 0 Å². The largest absolute Gasteiger partial charge is 2.00 e. The third kappa shape index (κ3) is 17.3. The van der Waals surface area contributed by atoms with Crippen molar-refractivity contribution in [3.05, 3.63) is 23.8 Å². The zero-order valence-corrected chi connectivity index (χ0v) is 13.0. The van der Waals surface area contributed by atoms with E-state index in [-0.39, 0.29) is 31.6 Å². The molecular formula is C8F14Zn. The Morgan fingerprint density at radius 2 is 0.652 bits per heavy atom. The van der Waals surface area contributed by atoms with Crippen molar-refractivity contribution in [2.75, 3.05) is 0 Å². The van der Waals surface area contributed by atoms with Gasteiger partial charge in [0, 0.05) is 11.7 Å². The fraction of sp³-hybridized carbons (Fsp3) is 0.500. The van der Waals surface area contributed by atoms with Crippen LogP contribution in [0.15, 0.2) is 11.7 Å². The Balaban J connectivity index is -0.000000333. The number of alkyl halides is 12. The first-order valence-electron chi connectivity index (χ1n) is 4.15. The molecule has 0 radical (unpaired) electrons.